The molecule has 1 amide bonds. The van der Waals surface area contributed by atoms with Gasteiger partial charge < -0.3 is 19.7 Å². The lowest BCUT2D eigenvalue weighted by molar-refractivity contribution is 0.0692. The van der Waals surface area contributed by atoms with Crippen molar-refractivity contribution >= 4 is 33.8 Å². The average molecular weight is 491 g/mol. The number of aromatic carboxylic acids is 1. The Morgan fingerprint density at radius 2 is 2.03 bits per heavy atom. The van der Waals surface area contributed by atoms with Gasteiger partial charge in [-0.05, 0) is 60.2 Å². The van der Waals surface area contributed by atoms with E-state index in [-0.39, 0.29) is 27.5 Å². The molecule has 1 aliphatic carbocycles. The van der Waals surface area contributed by atoms with Crippen LogP contribution >= 0.6 is 0 Å². The maximum atomic E-state index is 14.0. The van der Waals surface area contributed by atoms with E-state index < -0.39 is 50.7 Å². The first-order chi connectivity index (χ1) is 16.1. The number of carboxylic acids is 1. The van der Waals surface area contributed by atoms with Crippen molar-refractivity contribution in [3.05, 3.63) is 58.4 Å². The zero-order valence-electron chi connectivity index (χ0n) is 18.3. The number of ether oxygens (including phenoxy) is 2. The SMILES string of the molecule is COC(=O)N(c1ccc2c(c1C(=O)O)OCC1CC21)S(=O)(=O)c1ccc(F)cc1C=C(C)CO. The quantitative estimate of drug-likeness (QED) is 0.629. The molecule has 180 valence electrons. The second kappa shape index (κ2) is 8.73. The first-order valence-corrected chi connectivity index (χ1v) is 11.8. The van der Waals surface area contributed by atoms with Crippen molar-refractivity contribution in [1.82, 2.24) is 0 Å². The van der Waals surface area contributed by atoms with Gasteiger partial charge in [-0.25, -0.2) is 22.4 Å². The molecular weight excluding hydrogens is 469 g/mol. The number of nitrogens with zero attached hydrogens (tertiary/aromatic N) is 1. The van der Waals surface area contributed by atoms with Crippen LogP contribution in [0.4, 0.5) is 14.9 Å². The molecule has 2 aliphatic rings. The highest BCUT2D eigenvalue weighted by atomic mass is 32.2. The van der Waals surface area contributed by atoms with E-state index in [2.05, 4.69) is 0 Å². The summed E-state index contributed by atoms with van der Waals surface area (Å²) in [6.45, 7) is 1.39. The van der Waals surface area contributed by atoms with Gasteiger partial charge in [0.1, 0.15) is 17.1 Å². The normalized spacial score (nSPS) is 18.9. The fraction of sp³-hybridized carbons (Fsp3) is 0.304. The Bertz CT molecular complexity index is 1320. The molecule has 0 spiro atoms. The third-order valence-electron chi connectivity index (χ3n) is 5.84. The van der Waals surface area contributed by atoms with Crippen molar-refractivity contribution in [3.63, 3.8) is 0 Å². The maximum absolute atomic E-state index is 14.0. The first kappa shape index (κ1) is 23.7. The summed E-state index contributed by atoms with van der Waals surface area (Å²) in [5.41, 5.74) is -0.104. The monoisotopic (exact) mass is 491 g/mol. The van der Waals surface area contributed by atoms with Gasteiger partial charge >= 0.3 is 12.1 Å². The number of fused-ring (bicyclic) bond motifs is 3. The fourth-order valence-electron chi connectivity index (χ4n) is 4.10. The van der Waals surface area contributed by atoms with Crippen LogP contribution in [0, 0.1) is 11.7 Å². The minimum Gasteiger partial charge on any atom is -0.492 e. The molecule has 4 rings (SSSR count). The summed E-state index contributed by atoms with van der Waals surface area (Å²) in [5, 5.41) is 19.3. The molecule has 2 aromatic rings. The number of hydrogen-bond acceptors (Lipinski definition) is 7. The second-order valence-corrected chi connectivity index (χ2v) is 9.92. The summed E-state index contributed by atoms with van der Waals surface area (Å²) in [4.78, 5) is 24.5. The minimum atomic E-state index is -4.81. The second-order valence-electron chi connectivity index (χ2n) is 8.17. The predicted molar refractivity (Wildman–Crippen MR) is 119 cm³/mol. The summed E-state index contributed by atoms with van der Waals surface area (Å²) in [7, 11) is -3.85. The number of anilines is 1. The van der Waals surface area contributed by atoms with Gasteiger partial charge in [-0.2, -0.15) is 4.31 Å². The number of hydrogen-bond donors (Lipinski definition) is 2. The van der Waals surface area contributed by atoms with E-state index in [0.29, 0.717) is 17.7 Å². The lowest BCUT2D eigenvalue weighted by atomic mass is 10.00. The molecule has 2 atom stereocenters. The molecule has 0 aromatic heterocycles. The number of carbonyl (C=O) groups is 2. The van der Waals surface area contributed by atoms with Gasteiger partial charge in [-0.1, -0.05) is 12.1 Å². The largest absolute Gasteiger partial charge is 0.492 e. The summed E-state index contributed by atoms with van der Waals surface area (Å²) < 4.78 is 52.0. The van der Waals surface area contributed by atoms with E-state index in [1.54, 1.807) is 6.07 Å². The molecule has 9 nitrogen and oxygen atoms in total. The van der Waals surface area contributed by atoms with Crippen LogP contribution in [-0.2, 0) is 14.8 Å². The van der Waals surface area contributed by atoms with Crippen molar-refractivity contribution in [2.75, 3.05) is 24.6 Å². The van der Waals surface area contributed by atoms with Crippen LogP contribution < -0.4 is 9.04 Å². The molecule has 1 saturated carbocycles. The average Bonchev–Trinajstić information content (AvgIpc) is 3.58. The molecule has 1 heterocycles. The lowest BCUT2D eigenvalue weighted by Gasteiger charge is -2.26. The van der Waals surface area contributed by atoms with Gasteiger partial charge in [0, 0.05) is 5.92 Å². The van der Waals surface area contributed by atoms with Crippen LogP contribution in [0.15, 0.2) is 40.8 Å². The Hall–Kier alpha value is -3.44. The van der Waals surface area contributed by atoms with Gasteiger partial charge in [0.2, 0.25) is 0 Å². The van der Waals surface area contributed by atoms with Gasteiger partial charge in [-0.3, -0.25) is 0 Å². The topological polar surface area (TPSA) is 130 Å². The Balaban J connectivity index is 1.95. The molecule has 11 heteroatoms. The van der Waals surface area contributed by atoms with Crippen molar-refractivity contribution in [3.8, 4) is 5.75 Å². The molecular formula is C23H22FNO8S. The number of carbonyl (C=O) groups excluding carboxylic acids is 1. The van der Waals surface area contributed by atoms with Crippen LogP contribution in [-0.4, -0.2) is 51.0 Å². The number of benzene rings is 2. The number of methoxy groups -OCH3 is 1. The Morgan fingerprint density at radius 1 is 1.29 bits per heavy atom. The standard InChI is InChI=1S/C23H22FNO8S/c1-12(10-26)7-13-8-15(24)3-6-19(13)34(30,31)25(23(29)32-2)18-5-4-16-17-9-14(17)11-33-21(16)20(18)22(27)28/h3-8,14,17,26H,9-11H2,1-2H3,(H,27,28). The zero-order valence-corrected chi connectivity index (χ0v) is 19.1. The van der Waals surface area contributed by atoms with Crippen LogP contribution in [0.5, 0.6) is 5.75 Å². The van der Waals surface area contributed by atoms with E-state index in [1.165, 1.54) is 19.1 Å². The highest BCUT2D eigenvalue weighted by Crippen LogP contribution is 2.55. The van der Waals surface area contributed by atoms with E-state index in [9.17, 15) is 32.6 Å². The molecule has 0 saturated heterocycles. The lowest BCUT2D eigenvalue weighted by Crippen LogP contribution is -2.38. The van der Waals surface area contributed by atoms with Crippen LogP contribution in [0.25, 0.3) is 6.08 Å². The maximum Gasteiger partial charge on any atom is 0.428 e. The Kier molecular flexibility index (Phi) is 6.09. The van der Waals surface area contributed by atoms with Crippen LogP contribution in [0.3, 0.4) is 0 Å². The number of carboxylic acid groups (broad SMARTS) is 1. The Labute approximate surface area is 195 Å². The van der Waals surface area contributed by atoms with Gasteiger partial charge in [-0.15, -0.1) is 0 Å². The van der Waals surface area contributed by atoms with Crippen molar-refractivity contribution in [1.29, 1.82) is 0 Å². The zero-order chi connectivity index (χ0) is 24.8. The number of halogens is 1. The predicted octanol–water partition coefficient (Wildman–Crippen LogP) is 3.38. The number of aliphatic hydroxyl groups is 1. The molecule has 34 heavy (non-hydrogen) atoms. The summed E-state index contributed by atoms with van der Waals surface area (Å²) in [6.07, 6.45) is 0.729. The molecule has 1 fully saturated rings. The smallest absolute Gasteiger partial charge is 0.428 e. The first-order valence-electron chi connectivity index (χ1n) is 10.3. The van der Waals surface area contributed by atoms with Crippen molar-refractivity contribution < 1.29 is 42.1 Å². The van der Waals surface area contributed by atoms with Crippen molar-refractivity contribution in [2.24, 2.45) is 5.92 Å². The summed E-state index contributed by atoms with van der Waals surface area (Å²) in [6, 6.07) is 5.58. The molecule has 0 bridgehead atoms. The number of rotatable bonds is 6. The molecule has 2 unspecified atom stereocenters. The summed E-state index contributed by atoms with van der Waals surface area (Å²) >= 11 is 0. The van der Waals surface area contributed by atoms with E-state index in [4.69, 9.17) is 9.47 Å². The minimum absolute atomic E-state index is 0.0169. The number of sulfonamides is 1. The number of aliphatic hydroxyl groups excluding tert-OH is 1. The highest BCUT2D eigenvalue weighted by molar-refractivity contribution is 7.93. The van der Waals surface area contributed by atoms with Crippen molar-refractivity contribution in [2.45, 2.75) is 24.2 Å². The highest BCUT2D eigenvalue weighted by Gasteiger charge is 2.47. The fourth-order valence-corrected chi connectivity index (χ4v) is 5.63. The van der Waals surface area contributed by atoms with E-state index in [0.717, 1.165) is 31.7 Å². The van der Waals surface area contributed by atoms with Gasteiger partial charge in [0.05, 0.1) is 30.9 Å². The number of amides is 1. The molecule has 0 radical (unpaired) electrons. The third-order valence-corrected chi connectivity index (χ3v) is 7.60. The molecule has 1 aliphatic heterocycles. The third kappa shape index (κ3) is 4.01. The van der Waals surface area contributed by atoms with Gasteiger partial charge in [0.25, 0.3) is 10.0 Å². The van der Waals surface area contributed by atoms with E-state index >= 15 is 0 Å². The van der Waals surface area contributed by atoms with Crippen LogP contribution in [0.1, 0.15) is 40.7 Å². The molecule has 2 N–H and O–H groups in total. The molecule has 2 aromatic carbocycles. The Morgan fingerprint density at radius 3 is 2.68 bits per heavy atom. The van der Waals surface area contributed by atoms with Gasteiger partial charge in [0.15, 0.2) is 0 Å². The summed E-state index contributed by atoms with van der Waals surface area (Å²) in [5.74, 6) is -1.81. The van der Waals surface area contributed by atoms with E-state index in [1.807, 2.05) is 0 Å². The van der Waals surface area contributed by atoms with Crippen LogP contribution in [0.2, 0.25) is 0 Å².